The maximum Gasteiger partial charge on any atom is 0.188 e. The number of hydrogen-bond donors (Lipinski definition) is 2. The van der Waals surface area contributed by atoms with Gasteiger partial charge in [-0.15, -0.1) is 24.0 Å². The Bertz CT molecular complexity index is 400. The van der Waals surface area contributed by atoms with Crippen LogP contribution in [0.4, 0.5) is 0 Å². The van der Waals surface area contributed by atoms with Gasteiger partial charge in [-0.1, -0.05) is 26.7 Å². The van der Waals surface area contributed by atoms with Gasteiger partial charge in [0.15, 0.2) is 5.96 Å². The lowest BCUT2D eigenvalue weighted by atomic mass is 10.0. The van der Waals surface area contributed by atoms with Crippen LogP contribution in [0.3, 0.4) is 0 Å². The molecule has 0 aromatic carbocycles. The van der Waals surface area contributed by atoms with Crippen LogP contribution < -0.4 is 11.1 Å². The van der Waals surface area contributed by atoms with Gasteiger partial charge < -0.3 is 15.8 Å². The Morgan fingerprint density at radius 2 is 1.86 bits per heavy atom. The molecule has 8 heteroatoms. The first-order valence-corrected chi connectivity index (χ1v) is 9.58. The molecule has 0 saturated carbocycles. The second kappa shape index (κ2) is 13.4. The van der Waals surface area contributed by atoms with Crippen molar-refractivity contribution in [2.75, 3.05) is 31.8 Å². The monoisotopic (exact) mass is 449 g/mol. The van der Waals surface area contributed by atoms with Gasteiger partial charge >= 0.3 is 0 Å². The number of guanidine groups is 1. The Kier molecular flexibility index (Phi) is 14.7. The predicted octanol–water partition coefficient (Wildman–Crippen LogP) is 1.78. The topological polar surface area (TPSA) is 93.8 Å². The summed E-state index contributed by atoms with van der Waals surface area (Å²) in [6, 6.07) is 0.304. The minimum absolute atomic E-state index is 0. The maximum atomic E-state index is 10.9. The summed E-state index contributed by atoms with van der Waals surface area (Å²) in [7, 11) is -2.96. The summed E-state index contributed by atoms with van der Waals surface area (Å²) >= 11 is 0. The molecule has 6 nitrogen and oxygen atoms in total. The van der Waals surface area contributed by atoms with Crippen LogP contribution in [-0.4, -0.2) is 52.2 Å². The fraction of sp³-hybridized carbons (Fsp3) is 0.929. The Morgan fingerprint density at radius 3 is 2.41 bits per heavy atom. The lowest BCUT2D eigenvalue weighted by Gasteiger charge is -2.15. The second-order valence-corrected chi connectivity index (χ2v) is 8.14. The molecule has 0 aliphatic heterocycles. The Balaban J connectivity index is 0. The SMILES string of the molecule is CC(C)CCCC(C)NC(N)=NCCOCCS(C)(=O)=O.I. The Labute approximate surface area is 152 Å². The number of aliphatic imine (C=N–C) groups is 1. The molecule has 0 aliphatic rings. The van der Waals surface area contributed by atoms with E-state index in [2.05, 4.69) is 31.1 Å². The highest BCUT2D eigenvalue weighted by atomic mass is 127. The van der Waals surface area contributed by atoms with E-state index >= 15 is 0 Å². The highest BCUT2D eigenvalue weighted by Crippen LogP contribution is 2.07. The van der Waals surface area contributed by atoms with Crippen LogP contribution in [0.5, 0.6) is 0 Å². The number of rotatable bonds is 11. The van der Waals surface area contributed by atoms with Crippen molar-refractivity contribution in [2.45, 2.75) is 46.1 Å². The van der Waals surface area contributed by atoms with Gasteiger partial charge in [0.2, 0.25) is 0 Å². The molecule has 0 bridgehead atoms. The summed E-state index contributed by atoms with van der Waals surface area (Å²) in [5, 5.41) is 3.15. The molecular weight excluding hydrogens is 417 g/mol. The van der Waals surface area contributed by atoms with Crippen LogP contribution in [0.2, 0.25) is 0 Å². The quantitative estimate of drug-likeness (QED) is 0.217. The van der Waals surface area contributed by atoms with Crippen LogP contribution in [0.15, 0.2) is 4.99 Å². The van der Waals surface area contributed by atoms with E-state index in [-0.39, 0.29) is 36.3 Å². The smallest absolute Gasteiger partial charge is 0.188 e. The molecule has 0 aromatic heterocycles. The van der Waals surface area contributed by atoms with Crippen molar-refractivity contribution in [1.29, 1.82) is 0 Å². The molecule has 0 heterocycles. The van der Waals surface area contributed by atoms with Crippen LogP contribution in [-0.2, 0) is 14.6 Å². The zero-order valence-corrected chi connectivity index (χ0v) is 17.3. The minimum Gasteiger partial charge on any atom is -0.378 e. The summed E-state index contributed by atoms with van der Waals surface area (Å²) in [5.74, 6) is 1.18. The molecular formula is C14H32IN3O3S. The summed E-state index contributed by atoms with van der Waals surface area (Å²) in [6.07, 6.45) is 4.65. The average Bonchev–Trinajstić information content (AvgIpc) is 2.31. The highest BCUT2D eigenvalue weighted by Gasteiger charge is 2.04. The van der Waals surface area contributed by atoms with Crippen molar-refractivity contribution in [3.05, 3.63) is 0 Å². The molecule has 3 N–H and O–H groups in total. The first-order chi connectivity index (χ1) is 9.70. The third-order valence-corrected chi connectivity index (χ3v) is 3.84. The zero-order valence-electron chi connectivity index (χ0n) is 14.2. The summed E-state index contributed by atoms with van der Waals surface area (Å²) in [6.45, 7) is 7.54. The standard InChI is InChI=1S/C14H31N3O3S.HI/c1-12(2)6-5-7-13(3)17-14(15)16-8-9-20-10-11-21(4,18)19;/h12-13H,5-11H2,1-4H3,(H3,15,16,17);1H. The summed E-state index contributed by atoms with van der Waals surface area (Å²) in [4.78, 5) is 4.15. The van der Waals surface area contributed by atoms with Gasteiger partial charge in [-0.05, 0) is 19.3 Å². The van der Waals surface area contributed by atoms with E-state index < -0.39 is 9.84 Å². The van der Waals surface area contributed by atoms with Gasteiger partial charge in [0.05, 0.1) is 25.5 Å². The molecule has 0 aliphatic carbocycles. The molecule has 1 unspecified atom stereocenters. The van der Waals surface area contributed by atoms with Gasteiger partial charge in [-0.2, -0.15) is 0 Å². The lowest BCUT2D eigenvalue weighted by molar-refractivity contribution is 0.157. The average molecular weight is 449 g/mol. The zero-order chi connectivity index (χ0) is 16.3. The first-order valence-electron chi connectivity index (χ1n) is 7.52. The van der Waals surface area contributed by atoms with Crippen LogP contribution in [0, 0.1) is 5.92 Å². The van der Waals surface area contributed by atoms with Gasteiger partial charge in [-0.25, -0.2) is 8.42 Å². The molecule has 1 atom stereocenters. The van der Waals surface area contributed by atoms with E-state index in [1.54, 1.807) is 0 Å². The largest absolute Gasteiger partial charge is 0.378 e. The number of sulfone groups is 1. The number of nitrogens with one attached hydrogen (secondary N) is 1. The Hall–Kier alpha value is -0.0900. The first kappa shape index (κ1) is 24.2. The normalized spacial score (nSPS) is 13.8. The van der Waals surface area contributed by atoms with E-state index in [1.807, 2.05) is 0 Å². The number of nitrogens with zero attached hydrogens (tertiary/aromatic N) is 1. The molecule has 0 spiro atoms. The van der Waals surface area contributed by atoms with Crippen molar-refractivity contribution in [3.8, 4) is 0 Å². The van der Waals surface area contributed by atoms with Gasteiger partial charge in [0.25, 0.3) is 0 Å². The van der Waals surface area contributed by atoms with Crippen LogP contribution in [0.25, 0.3) is 0 Å². The maximum absolute atomic E-state index is 10.9. The molecule has 134 valence electrons. The van der Waals surface area contributed by atoms with Crippen molar-refractivity contribution in [3.63, 3.8) is 0 Å². The molecule has 0 amide bonds. The number of hydrogen-bond acceptors (Lipinski definition) is 4. The van der Waals surface area contributed by atoms with Crippen molar-refractivity contribution in [2.24, 2.45) is 16.6 Å². The van der Waals surface area contributed by atoms with Crippen LogP contribution in [0.1, 0.15) is 40.0 Å². The van der Waals surface area contributed by atoms with E-state index in [4.69, 9.17) is 10.5 Å². The van der Waals surface area contributed by atoms with Crippen molar-refractivity contribution < 1.29 is 13.2 Å². The molecule has 0 rings (SSSR count). The van der Waals surface area contributed by atoms with Crippen LogP contribution >= 0.6 is 24.0 Å². The van der Waals surface area contributed by atoms with E-state index in [0.29, 0.717) is 25.2 Å². The molecule has 0 fully saturated rings. The fourth-order valence-corrected chi connectivity index (χ4v) is 2.17. The number of halogens is 1. The molecule has 22 heavy (non-hydrogen) atoms. The lowest BCUT2D eigenvalue weighted by Crippen LogP contribution is -2.38. The summed E-state index contributed by atoms with van der Waals surface area (Å²) in [5.41, 5.74) is 5.78. The van der Waals surface area contributed by atoms with Gasteiger partial charge in [0, 0.05) is 12.3 Å². The fourth-order valence-electron chi connectivity index (χ4n) is 1.75. The van der Waals surface area contributed by atoms with Crippen molar-refractivity contribution >= 4 is 39.8 Å². The number of ether oxygens (including phenoxy) is 1. The van der Waals surface area contributed by atoms with Crippen molar-refractivity contribution in [1.82, 2.24) is 5.32 Å². The molecule has 0 aromatic rings. The Morgan fingerprint density at radius 1 is 1.23 bits per heavy atom. The van der Waals surface area contributed by atoms with E-state index in [9.17, 15) is 8.42 Å². The summed E-state index contributed by atoms with van der Waals surface area (Å²) < 4.78 is 27.0. The van der Waals surface area contributed by atoms with Gasteiger partial charge in [-0.3, -0.25) is 4.99 Å². The van der Waals surface area contributed by atoms with E-state index in [0.717, 1.165) is 12.3 Å². The third kappa shape index (κ3) is 18.0. The highest BCUT2D eigenvalue weighted by molar-refractivity contribution is 14.0. The molecule has 0 saturated heterocycles. The minimum atomic E-state index is -2.96. The third-order valence-electron chi connectivity index (χ3n) is 2.93. The second-order valence-electron chi connectivity index (χ2n) is 5.88. The predicted molar refractivity (Wildman–Crippen MR) is 104 cm³/mol. The number of nitrogens with two attached hydrogens (primary N) is 1. The molecule has 0 radical (unpaired) electrons. The van der Waals surface area contributed by atoms with Gasteiger partial charge in [0.1, 0.15) is 9.84 Å². The van der Waals surface area contributed by atoms with E-state index in [1.165, 1.54) is 19.1 Å².